The topological polar surface area (TPSA) is 96.3 Å². The first-order valence-corrected chi connectivity index (χ1v) is 8.37. The number of anilines is 1. The number of amides is 3. The first-order valence-electron chi connectivity index (χ1n) is 7.99. The lowest BCUT2D eigenvalue weighted by molar-refractivity contribution is 0.0930. The van der Waals surface area contributed by atoms with Crippen molar-refractivity contribution in [1.29, 1.82) is 0 Å². The Bertz CT molecular complexity index is 855. The van der Waals surface area contributed by atoms with Gasteiger partial charge in [0.15, 0.2) is 5.58 Å². The van der Waals surface area contributed by atoms with Crippen LogP contribution in [0.25, 0.3) is 11.1 Å². The van der Waals surface area contributed by atoms with Gasteiger partial charge in [-0.2, -0.15) is 0 Å². The van der Waals surface area contributed by atoms with Gasteiger partial charge in [0.2, 0.25) is 0 Å². The number of fused-ring (bicyclic) bond motifs is 4. The summed E-state index contributed by atoms with van der Waals surface area (Å²) in [5.41, 5.74) is 1.84. The van der Waals surface area contributed by atoms with Crippen molar-refractivity contribution in [2.45, 2.75) is 37.6 Å². The number of carbonyl (C=O) groups excluding carboxylic acids is 2. The summed E-state index contributed by atoms with van der Waals surface area (Å²) in [5.74, 6) is -0.415. The Morgan fingerprint density at radius 3 is 2.83 bits per heavy atom. The number of hydrogen-bond acceptors (Lipinski definition) is 4. The Labute approximate surface area is 143 Å². The average Bonchev–Trinajstić information content (AvgIpc) is 2.98. The molecule has 0 radical (unpaired) electrons. The maximum absolute atomic E-state index is 12.2. The molecule has 1 fully saturated rings. The fraction of sp³-hybridized carbons (Fsp3) is 0.438. The van der Waals surface area contributed by atoms with Crippen LogP contribution in [0.4, 0.5) is 10.5 Å². The minimum atomic E-state index is -0.529. The van der Waals surface area contributed by atoms with Gasteiger partial charge in [0.25, 0.3) is 5.89 Å². The molecule has 1 aliphatic carbocycles. The largest absolute Gasteiger partial charge is 0.432 e. The van der Waals surface area contributed by atoms with Crippen LogP contribution < -0.4 is 16.0 Å². The zero-order chi connectivity index (χ0) is 16.9. The van der Waals surface area contributed by atoms with Crippen LogP contribution in [-0.2, 0) is 5.54 Å². The van der Waals surface area contributed by atoms with Crippen LogP contribution in [0.1, 0.15) is 48.4 Å². The second-order valence-electron chi connectivity index (χ2n) is 6.28. The van der Waals surface area contributed by atoms with Gasteiger partial charge < -0.3 is 20.4 Å². The normalized spacial score (nSPS) is 18.8. The minimum absolute atomic E-state index is 0.0140. The number of urea groups is 1. The zero-order valence-electron chi connectivity index (χ0n) is 13.2. The van der Waals surface area contributed by atoms with E-state index in [0.29, 0.717) is 21.8 Å². The van der Waals surface area contributed by atoms with E-state index in [9.17, 15) is 9.59 Å². The van der Waals surface area contributed by atoms with Crippen LogP contribution in [0.5, 0.6) is 0 Å². The molecule has 24 heavy (non-hydrogen) atoms. The Morgan fingerprint density at radius 1 is 1.38 bits per heavy atom. The fourth-order valence-electron chi connectivity index (χ4n) is 3.77. The SMILES string of the molecule is CNC(=O)c1nc2cc(Cl)c3c(c2o1)C1(CCCCC1)NC(=O)N3. The lowest BCUT2D eigenvalue weighted by Crippen LogP contribution is -2.52. The van der Waals surface area contributed by atoms with Crippen molar-refractivity contribution in [3.8, 4) is 0 Å². The summed E-state index contributed by atoms with van der Waals surface area (Å²) in [6.45, 7) is 0. The van der Waals surface area contributed by atoms with Gasteiger partial charge in [-0.1, -0.05) is 30.9 Å². The van der Waals surface area contributed by atoms with Gasteiger partial charge in [0, 0.05) is 12.6 Å². The molecule has 1 aromatic carbocycles. The van der Waals surface area contributed by atoms with Crippen LogP contribution in [-0.4, -0.2) is 24.0 Å². The molecule has 2 aliphatic rings. The molecule has 8 heteroatoms. The lowest BCUT2D eigenvalue weighted by atomic mass is 9.74. The summed E-state index contributed by atoms with van der Waals surface area (Å²) in [6.07, 6.45) is 4.75. The summed E-state index contributed by atoms with van der Waals surface area (Å²) in [4.78, 5) is 28.3. The van der Waals surface area contributed by atoms with Gasteiger partial charge in [-0.25, -0.2) is 9.78 Å². The summed E-state index contributed by atoms with van der Waals surface area (Å²) in [7, 11) is 1.52. The van der Waals surface area contributed by atoms with Gasteiger partial charge >= 0.3 is 11.9 Å². The van der Waals surface area contributed by atoms with Gasteiger partial charge in [0.1, 0.15) is 5.52 Å². The van der Waals surface area contributed by atoms with Crippen LogP contribution in [0.2, 0.25) is 5.02 Å². The molecule has 0 atom stereocenters. The van der Waals surface area contributed by atoms with E-state index in [4.69, 9.17) is 16.0 Å². The molecule has 2 aromatic rings. The number of carbonyl (C=O) groups is 2. The van der Waals surface area contributed by atoms with Crippen LogP contribution in [0.15, 0.2) is 10.5 Å². The molecule has 4 rings (SSSR count). The summed E-state index contributed by atoms with van der Waals surface area (Å²) in [6, 6.07) is 1.35. The maximum Gasteiger partial charge on any atom is 0.319 e. The Balaban J connectivity index is 2.00. The first-order chi connectivity index (χ1) is 11.5. The van der Waals surface area contributed by atoms with Crippen LogP contribution in [0.3, 0.4) is 0 Å². The second-order valence-corrected chi connectivity index (χ2v) is 6.68. The van der Waals surface area contributed by atoms with E-state index in [2.05, 4.69) is 20.9 Å². The smallest absolute Gasteiger partial charge is 0.319 e. The van der Waals surface area contributed by atoms with E-state index in [-0.39, 0.29) is 11.9 Å². The summed E-state index contributed by atoms with van der Waals surface area (Å²) in [5, 5.41) is 8.74. The number of nitrogens with zero attached hydrogens (tertiary/aromatic N) is 1. The standard InChI is InChI=1S/C16H17ClN4O3/c1-18-13(22)14-19-9-7-8(17)11-10(12(9)24-14)16(21-15(23)20-11)5-3-2-4-6-16/h7H,2-6H2,1H3,(H,18,22)(H2,20,21,23). The molecule has 7 nitrogen and oxygen atoms in total. The van der Waals surface area contributed by atoms with Crippen LogP contribution in [0, 0.1) is 0 Å². The Kier molecular flexibility index (Phi) is 3.42. The van der Waals surface area contributed by atoms with Crippen molar-refractivity contribution in [1.82, 2.24) is 15.6 Å². The number of halogens is 1. The monoisotopic (exact) mass is 348 g/mol. The molecular weight excluding hydrogens is 332 g/mol. The number of aromatic nitrogens is 1. The van der Waals surface area contributed by atoms with Gasteiger partial charge in [-0.15, -0.1) is 0 Å². The number of nitrogens with one attached hydrogen (secondary N) is 3. The molecule has 1 spiro atoms. The van der Waals surface area contributed by atoms with E-state index < -0.39 is 11.4 Å². The Hall–Kier alpha value is -2.28. The first kappa shape index (κ1) is 15.3. The number of benzene rings is 1. The highest BCUT2D eigenvalue weighted by molar-refractivity contribution is 6.35. The molecule has 126 valence electrons. The van der Waals surface area contributed by atoms with Crippen LogP contribution >= 0.6 is 11.6 Å². The van der Waals surface area contributed by atoms with E-state index in [1.807, 2.05) is 0 Å². The molecule has 3 amide bonds. The lowest BCUT2D eigenvalue weighted by Gasteiger charge is -2.42. The number of hydrogen-bond donors (Lipinski definition) is 3. The number of rotatable bonds is 1. The van der Waals surface area contributed by atoms with Crippen molar-refractivity contribution in [2.24, 2.45) is 0 Å². The highest BCUT2D eigenvalue weighted by Gasteiger charge is 2.44. The van der Waals surface area contributed by atoms with E-state index >= 15 is 0 Å². The molecule has 0 saturated heterocycles. The molecule has 0 unspecified atom stereocenters. The third-order valence-electron chi connectivity index (χ3n) is 4.83. The van der Waals surface area contributed by atoms with Crippen molar-refractivity contribution in [3.63, 3.8) is 0 Å². The van der Waals surface area contributed by atoms with E-state index in [0.717, 1.165) is 37.7 Å². The molecule has 3 N–H and O–H groups in total. The molecule has 1 aromatic heterocycles. The third kappa shape index (κ3) is 2.15. The fourth-order valence-corrected chi connectivity index (χ4v) is 4.02. The zero-order valence-corrected chi connectivity index (χ0v) is 13.9. The van der Waals surface area contributed by atoms with Crippen molar-refractivity contribution < 1.29 is 14.0 Å². The maximum atomic E-state index is 12.2. The second kappa shape index (κ2) is 5.37. The number of oxazole rings is 1. The average molecular weight is 349 g/mol. The highest BCUT2D eigenvalue weighted by Crippen LogP contribution is 2.48. The van der Waals surface area contributed by atoms with E-state index in [1.165, 1.54) is 7.05 Å². The van der Waals surface area contributed by atoms with Crippen molar-refractivity contribution in [3.05, 3.63) is 22.5 Å². The molecule has 2 heterocycles. The molecular formula is C16H17ClN4O3. The van der Waals surface area contributed by atoms with E-state index in [1.54, 1.807) is 6.07 Å². The summed E-state index contributed by atoms with van der Waals surface area (Å²) < 4.78 is 5.76. The predicted molar refractivity (Wildman–Crippen MR) is 89.3 cm³/mol. The minimum Gasteiger partial charge on any atom is -0.432 e. The van der Waals surface area contributed by atoms with Gasteiger partial charge in [0.05, 0.1) is 16.2 Å². The van der Waals surface area contributed by atoms with Crippen molar-refractivity contribution in [2.75, 3.05) is 12.4 Å². The third-order valence-corrected chi connectivity index (χ3v) is 5.13. The quantitative estimate of drug-likeness (QED) is 0.737. The van der Waals surface area contributed by atoms with Gasteiger partial charge in [-0.05, 0) is 18.9 Å². The van der Waals surface area contributed by atoms with Crippen molar-refractivity contribution >= 4 is 40.3 Å². The molecule has 1 aliphatic heterocycles. The van der Waals surface area contributed by atoms with Gasteiger partial charge in [-0.3, -0.25) is 4.79 Å². The Morgan fingerprint density at radius 2 is 2.12 bits per heavy atom. The predicted octanol–water partition coefficient (Wildman–Crippen LogP) is 3.14. The molecule has 1 saturated carbocycles. The molecule has 0 bridgehead atoms. The summed E-state index contributed by atoms with van der Waals surface area (Å²) >= 11 is 6.39. The highest BCUT2D eigenvalue weighted by atomic mass is 35.5.